The van der Waals surface area contributed by atoms with Gasteiger partial charge in [0.15, 0.2) is 5.82 Å². The number of likely N-dealkylation sites (tertiary alicyclic amines) is 1. The average Bonchev–Trinajstić information content (AvgIpc) is 3.57. The quantitative estimate of drug-likeness (QED) is 0.379. The molecule has 4 heterocycles. The lowest BCUT2D eigenvalue weighted by atomic mass is 10.0. The molecule has 1 N–H and O–H groups in total. The zero-order valence-electron chi connectivity index (χ0n) is 21.6. The molecule has 5 rings (SSSR count). The molecule has 1 atom stereocenters. The summed E-state index contributed by atoms with van der Waals surface area (Å²) in [5.74, 6) is 0.695. The number of aromatic nitrogens is 5. The van der Waals surface area contributed by atoms with Crippen LogP contribution in [0.15, 0.2) is 59.7 Å². The molecule has 1 amide bonds. The maximum absolute atomic E-state index is 13.6. The highest BCUT2D eigenvalue weighted by Gasteiger charge is 2.22. The van der Waals surface area contributed by atoms with E-state index in [4.69, 9.17) is 5.10 Å². The number of carbonyl (C=O) groups excluding carboxylic acids is 1. The molecule has 1 saturated heterocycles. The van der Waals surface area contributed by atoms with Crippen molar-refractivity contribution in [2.45, 2.75) is 58.5 Å². The Bertz CT molecular complexity index is 1410. The van der Waals surface area contributed by atoms with Gasteiger partial charge in [-0.1, -0.05) is 24.6 Å². The molecule has 1 aromatic carbocycles. The molecule has 0 bridgehead atoms. The number of hydrogen-bond acceptors (Lipinski definition) is 5. The second kappa shape index (κ2) is 11.1. The average molecular weight is 502 g/mol. The minimum Gasteiger partial charge on any atom is -0.355 e. The Morgan fingerprint density at radius 2 is 1.84 bits per heavy atom. The van der Waals surface area contributed by atoms with Crippen LogP contribution in [0.3, 0.4) is 0 Å². The maximum Gasteiger partial charge on any atom is 0.280 e. The van der Waals surface area contributed by atoms with E-state index >= 15 is 0 Å². The van der Waals surface area contributed by atoms with E-state index in [-0.39, 0.29) is 11.5 Å². The number of piperidine rings is 1. The van der Waals surface area contributed by atoms with Gasteiger partial charge in [0.1, 0.15) is 10.9 Å². The van der Waals surface area contributed by atoms with Crippen molar-refractivity contribution in [1.29, 1.82) is 0 Å². The summed E-state index contributed by atoms with van der Waals surface area (Å²) in [5.41, 5.74) is 1.92. The summed E-state index contributed by atoms with van der Waals surface area (Å²) in [6, 6.07) is 14.2. The van der Waals surface area contributed by atoms with Crippen LogP contribution in [0.2, 0.25) is 0 Å². The normalized spacial score (nSPS) is 16.3. The first-order chi connectivity index (χ1) is 18.0. The number of fused-ring (bicyclic) bond motifs is 1. The van der Waals surface area contributed by atoms with Gasteiger partial charge in [-0.15, -0.1) is 0 Å². The number of rotatable bonds is 9. The summed E-state index contributed by atoms with van der Waals surface area (Å²) in [5, 5.41) is 12.9. The third-order valence-electron chi connectivity index (χ3n) is 7.21. The van der Waals surface area contributed by atoms with Crippen molar-refractivity contribution in [1.82, 2.24) is 34.3 Å². The monoisotopic (exact) mass is 501 g/mol. The molecule has 0 spiro atoms. The summed E-state index contributed by atoms with van der Waals surface area (Å²) in [6.45, 7) is 7.15. The number of amides is 1. The van der Waals surface area contributed by atoms with Gasteiger partial charge in [0.25, 0.3) is 5.56 Å². The van der Waals surface area contributed by atoms with Gasteiger partial charge in [-0.3, -0.25) is 14.5 Å². The van der Waals surface area contributed by atoms with Crippen molar-refractivity contribution in [2.24, 2.45) is 0 Å². The molecule has 4 aromatic rings. The van der Waals surface area contributed by atoms with E-state index in [0.717, 1.165) is 18.8 Å². The fourth-order valence-electron chi connectivity index (χ4n) is 5.18. The number of hydrogen-bond donors (Lipinski definition) is 1. The van der Waals surface area contributed by atoms with E-state index in [1.807, 2.05) is 66.3 Å². The van der Waals surface area contributed by atoms with Gasteiger partial charge in [0, 0.05) is 44.5 Å². The highest BCUT2D eigenvalue weighted by molar-refractivity contribution is 5.87. The van der Waals surface area contributed by atoms with Crippen LogP contribution >= 0.6 is 0 Å². The molecule has 3 aromatic heterocycles. The van der Waals surface area contributed by atoms with E-state index < -0.39 is 0 Å². The van der Waals surface area contributed by atoms with E-state index in [2.05, 4.69) is 22.2 Å². The predicted molar refractivity (Wildman–Crippen MR) is 144 cm³/mol. The molecular formula is C28H35N7O2. The van der Waals surface area contributed by atoms with Crippen LogP contribution in [-0.2, 0) is 11.3 Å². The Labute approximate surface area is 216 Å². The minimum absolute atomic E-state index is 0.0143. The number of nitrogens with zero attached hydrogens (tertiary/aromatic N) is 6. The van der Waals surface area contributed by atoms with Crippen molar-refractivity contribution in [3.8, 4) is 11.5 Å². The fraction of sp³-hybridized carbons (Fsp3) is 0.429. The number of aryl methyl sites for hydroxylation is 2. The van der Waals surface area contributed by atoms with E-state index in [1.165, 1.54) is 23.9 Å². The highest BCUT2D eigenvalue weighted by Crippen LogP contribution is 2.24. The van der Waals surface area contributed by atoms with Crippen LogP contribution < -0.4 is 10.9 Å². The topological polar surface area (TPSA) is 90.0 Å². The first-order valence-corrected chi connectivity index (χ1v) is 13.2. The molecule has 37 heavy (non-hydrogen) atoms. The summed E-state index contributed by atoms with van der Waals surface area (Å²) in [7, 11) is 0. The Kier molecular flexibility index (Phi) is 7.50. The molecule has 1 fully saturated rings. The van der Waals surface area contributed by atoms with Gasteiger partial charge < -0.3 is 9.88 Å². The van der Waals surface area contributed by atoms with Crippen LogP contribution in [0.25, 0.3) is 22.4 Å². The molecule has 1 aliphatic heterocycles. The van der Waals surface area contributed by atoms with Crippen molar-refractivity contribution in [3.63, 3.8) is 0 Å². The third kappa shape index (κ3) is 5.36. The Morgan fingerprint density at radius 3 is 2.59 bits per heavy atom. The molecule has 0 unspecified atom stereocenters. The summed E-state index contributed by atoms with van der Waals surface area (Å²) in [4.78, 5) is 28.5. The van der Waals surface area contributed by atoms with Gasteiger partial charge in [-0.2, -0.15) is 10.2 Å². The number of benzene rings is 1. The highest BCUT2D eigenvalue weighted by atomic mass is 16.1. The predicted octanol–water partition coefficient (Wildman–Crippen LogP) is 3.45. The van der Waals surface area contributed by atoms with Gasteiger partial charge >= 0.3 is 0 Å². The van der Waals surface area contributed by atoms with E-state index in [1.54, 1.807) is 4.68 Å². The summed E-state index contributed by atoms with van der Waals surface area (Å²) < 4.78 is 5.18. The SMILES string of the molecule is Cc1nn(CCCC(=O)NCCN2CCCC[C@H]2C)c(=O)c2c(-n3cccc3)n(-c3ccccc3)nc12. The Hall–Kier alpha value is -3.72. The zero-order chi connectivity index (χ0) is 25.8. The first-order valence-electron chi connectivity index (χ1n) is 13.2. The second-order valence-corrected chi connectivity index (χ2v) is 9.83. The first kappa shape index (κ1) is 25.0. The van der Waals surface area contributed by atoms with Gasteiger partial charge in [-0.25, -0.2) is 9.36 Å². The Balaban J connectivity index is 1.31. The van der Waals surface area contributed by atoms with Gasteiger partial charge in [0.2, 0.25) is 5.91 Å². The van der Waals surface area contributed by atoms with Gasteiger partial charge in [0.05, 0.1) is 11.4 Å². The third-order valence-corrected chi connectivity index (χ3v) is 7.21. The number of carbonyl (C=O) groups is 1. The molecule has 0 aliphatic carbocycles. The van der Waals surface area contributed by atoms with E-state index in [9.17, 15) is 9.59 Å². The van der Waals surface area contributed by atoms with Crippen LogP contribution in [0.1, 0.15) is 44.7 Å². The van der Waals surface area contributed by atoms with Gasteiger partial charge in [-0.05, 0) is 63.9 Å². The van der Waals surface area contributed by atoms with Crippen LogP contribution in [0, 0.1) is 6.92 Å². The Morgan fingerprint density at radius 1 is 1.05 bits per heavy atom. The molecule has 9 nitrogen and oxygen atoms in total. The molecule has 0 radical (unpaired) electrons. The standard InChI is InChI=1S/C28H35N7O2/c1-21-11-6-7-16-32(21)20-15-29-24(36)14-10-19-34-28(37)25-26(22(2)30-34)31-35(23-12-4-3-5-13-23)27(25)33-17-8-9-18-33/h3-5,8-9,12-13,17-18,21H,6-7,10-11,14-16,19-20H2,1-2H3,(H,29,36)/t21-/m1/s1. The van der Waals surface area contributed by atoms with Crippen LogP contribution in [0.4, 0.5) is 0 Å². The van der Waals surface area contributed by atoms with Crippen molar-refractivity contribution < 1.29 is 4.79 Å². The lowest BCUT2D eigenvalue weighted by Crippen LogP contribution is -2.42. The molecule has 9 heteroatoms. The number of para-hydroxylation sites is 1. The zero-order valence-corrected chi connectivity index (χ0v) is 21.6. The molecular weight excluding hydrogens is 466 g/mol. The molecule has 0 saturated carbocycles. The lowest BCUT2D eigenvalue weighted by molar-refractivity contribution is -0.121. The van der Waals surface area contributed by atoms with Crippen LogP contribution in [0.5, 0.6) is 0 Å². The minimum atomic E-state index is -0.203. The van der Waals surface area contributed by atoms with E-state index in [0.29, 0.717) is 54.4 Å². The van der Waals surface area contributed by atoms with Crippen molar-refractivity contribution in [2.75, 3.05) is 19.6 Å². The second-order valence-electron chi connectivity index (χ2n) is 9.83. The smallest absolute Gasteiger partial charge is 0.280 e. The summed E-state index contributed by atoms with van der Waals surface area (Å²) in [6.07, 6.45) is 8.47. The molecule has 194 valence electrons. The fourth-order valence-corrected chi connectivity index (χ4v) is 5.18. The molecule has 1 aliphatic rings. The lowest BCUT2D eigenvalue weighted by Gasteiger charge is -2.33. The van der Waals surface area contributed by atoms with Crippen molar-refractivity contribution in [3.05, 3.63) is 70.9 Å². The maximum atomic E-state index is 13.6. The van der Waals surface area contributed by atoms with Crippen LogP contribution in [-0.4, -0.2) is 60.6 Å². The summed E-state index contributed by atoms with van der Waals surface area (Å²) >= 11 is 0. The largest absolute Gasteiger partial charge is 0.355 e. The van der Waals surface area contributed by atoms with Crippen molar-refractivity contribution >= 4 is 16.8 Å². The number of nitrogens with one attached hydrogen (secondary N) is 1.